The molecule has 2 heterocycles. The topological polar surface area (TPSA) is 79.1 Å². The summed E-state index contributed by atoms with van der Waals surface area (Å²) in [4.78, 5) is 20.1. The van der Waals surface area contributed by atoms with Gasteiger partial charge in [-0.05, 0) is 35.8 Å². The predicted octanol–water partition coefficient (Wildman–Crippen LogP) is 1.19. The first-order valence-electron chi connectivity index (χ1n) is 10.1. The number of hydrogen-bond acceptors (Lipinski definition) is 6. The summed E-state index contributed by atoms with van der Waals surface area (Å²) in [5.41, 5.74) is 1.31. The minimum Gasteiger partial charge on any atom is -0.497 e. The Balaban J connectivity index is 1.75. The minimum atomic E-state index is -0.119. The molecule has 0 amide bonds. The summed E-state index contributed by atoms with van der Waals surface area (Å²) < 4.78 is 15.8. The van der Waals surface area contributed by atoms with Crippen LogP contribution in [0.15, 0.2) is 29.1 Å². The first-order valence-corrected chi connectivity index (χ1v) is 10.5. The average Bonchev–Trinajstić information content (AvgIpc) is 2.77. The maximum Gasteiger partial charge on any atom is 0.253 e. The Morgan fingerprint density at radius 1 is 1.30 bits per heavy atom. The van der Waals surface area contributed by atoms with Gasteiger partial charge in [-0.2, -0.15) is 0 Å². The number of hydrogen-bond donors (Lipinski definition) is 2. The maximum atomic E-state index is 12.7. The number of aromatic nitrogens is 1. The number of ether oxygens (including phenoxy) is 3. The molecule has 0 unspecified atom stereocenters. The van der Waals surface area contributed by atoms with E-state index in [4.69, 9.17) is 26.4 Å². The number of benzene rings is 1. The van der Waals surface area contributed by atoms with Crippen molar-refractivity contribution in [2.75, 3.05) is 66.8 Å². The average molecular weight is 435 g/mol. The fourth-order valence-electron chi connectivity index (χ4n) is 3.39. The Morgan fingerprint density at radius 2 is 2.10 bits per heavy atom. The molecular weight excluding hydrogens is 404 g/mol. The number of pyridine rings is 1. The van der Waals surface area contributed by atoms with E-state index in [0.717, 1.165) is 50.3 Å². The van der Waals surface area contributed by atoms with Crippen LogP contribution in [-0.2, 0) is 16.0 Å². The standard InChI is InChI=1S/C21H30N4O4S/c1-27-10-5-22-21(30)25(7-6-24-8-11-29-12-9-24)15-17-13-16-3-4-18(28-2)14-19(16)23-20(17)26/h3-4,13-14H,5-12,15H2,1-2H3,(H,22,30)(H,23,26). The van der Waals surface area contributed by atoms with Gasteiger partial charge in [0.05, 0.1) is 39.0 Å². The molecule has 0 aliphatic carbocycles. The lowest BCUT2D eigenvalue weighted by Gasteiger charge is -2.31. The zero-order valence-corrected chi connectivity index (χ0v) is 18.4. The van der Waals surface area contributed by atoms with Crippen LogP contribution in [0.4, 0.5) is 0 Å². The molecule has 3 rings (SSSR count). The van der Waals surface area contributed by atoms with Crippen LogP contribution in [0.3, 0.4) is 0 Å². The van der Waals surface area contributed by atoms with Gasteiger partial charge in [-0.1, -0.05) is 0 Å². The SMILES string of the molecule is COCCNC(=S)N(CCN1CCOCC1)Cc1cc2ccc(OC)cc2[nH]c1=O. The third-order valence-corrected chi connectivity index (χ3v) is 5.55. The Kier molecular flexibility index (Phi) is 8.44. The van der Waals surface area contributed by atoms with E-state index in [-0.39, 0.29) is 5.56 Å². The van der Waals surface area contributed by atoms with Crippen molar-refractivity contribution >= 4 is 28.2 Å². The molecule has 0 saturated carbocycles. The van der Waals surface area contributed by atoms with E-state index in [2.05, 4.69) is 15.2 Å². The minimum absolute atomic E-state index is 0.119. The highest BCUT2D eigenvalue weighted by atomic mass is 32.1. The van der Waals surface area contributed by atoms with Gasteiger partial charge >= 0.3 is 0 Å². The van der Waals surface area contributed by atoms with Crippen molar-refractivity contribution in [1.82, 2.24) is 20.1 Å². The first kappa shape index (κ1) is 22.5. The molecule has 2 aromatic rings. The highest BCUT2D eigenvalue weighted by molar-refractivity contribution is 7.80. The number of rotatable bonds is 9. The number of morpholine rings is 1. The van der Waals surface area contributed by atoms with Gasteiger partial charge in [-0.3, -0.25) is 9.69 Å². The summed E-state index contributed by atoms with van der Waals surface area (Å²) in [5, 5.41) is 4.80. The summed E-state index contributed by atoms with van der Waals surface area (Å²) >= 11 is 5.61. The Bertz CT molecular complexity index is 898. The molecular formula is C21H30N4O4S. The molecule has 1 aromatic heterocycles. The Morgan fingerprint density at radius 3 is 2.83 bits per heavy atom. The normalized spacial score (nSPS) is 14.6. The molecule has 0 radical (unpaired) electrons. The van der Waals surface area contributed by atoms with Crippen LogP contribution in [0.5, 0.6) is 5.75 Å². The quantitative estimate of drug-likeness (QED) is 0.450. The monoisotopic (exact) mass is 434 g/mol. The van der Waals surface area contributed by atoms with E-state index in [0.29, 0.717) is 36.1 Å². The lowest BCUT2D eigenvalue weighted by Crippen LogP contribution is -2.46. The second-order valence-corrected chi connectivity index (χ2v) is 7.56. The zero-order chi connectivity index (χ0) is 21.3. The van der Waals surface area contributed by atoms with Crippen molar-refractivity contribution in [3.63, 3.8) is 0 Å². The van der Waals surface area contributed by atoms with E-state index in [1.807, 2.05) is 29.2 Å². The number of thiocarbonyl (C=S) groups is 1. The van der Waals surface area contributed by atoms with Gasteiger partial charge in [-0.25, -0.2) is 0 Å². The van der Waals surface area contributed by atoms with Crippen molar-refractivity contribution < 1.29 is 14.2 Å². The van der Waals surface area contributed by atoms with Gasteiger partial charge in [0.1, 0.15) is 5.75 Å². The number of aromatic amines is 1. The van der Waals surface area contributed by atoms with Crippen LogP contribution in [0.2, 0.25) is 0 Å². The van der Waals surface area contributed by atoms with Crippen LogP contribution < -0.4 is 15.6 Å². The summed E-state index contributed by atoms with van der Waals surface area (Å²) in [6.07, 6.45) is 0. The molecule has 1 aliphatic rings. The van der Waals surface area contributed by atoms with Crippen molar-refractivity contribution in [1.29, 1.82) is 0 Å². The number of H-pyrrole nitrogens is 1. The van der Waals surface area contributed by atoms with Crippen molar-refractivity contribution in [3.05, 3.63) is 40.2 Å². The Labute approximate surface area is 182 Å². The molecule has 1 fully saturated rings. The first-order chi connectivity index (χ1) is 14.6. The lowest BCUT2D eigenvalue weighted by atomic mass is 10.1. The van der Waals surface area contributed by atoms with Gasteiger partial charge in [-0.15, -0.1) is 0 Å². The van der Waals surface area contributed by atoms with Crippen LogP contribution in [0.1, 0.15) is 5.56 Å². The molecule has 0 atom stereocenters. The molecule has 2 N–H and O–H groups in total. The third-order valence-electron chi connectivity index (χ3n) is 5.15. The van der Waals surface area contributed by atoms with E-state index >= 15 is 0 Å². The molecule has 1 saturated heterocycles. The largest absolute Gasteiger partial charge is 0.497 e. The van der Waals surface area contributed by atoms with Gasteiger partial charge in [0.15, 0.2) is 5.11 Å². The highest BCUT2D eigenvalue weighted by Crippen LogP contribution is 2.19. The second kappa shape index (κ2) is 11.3. The lowest BCUT2D eigenvalue weighted by molar-refractivity contribution is 0.0357. The van der Waals surface area contributed by atoms with Crippen LogP contribution in [-0.4, -0.2) is 86.7 Å². The molecule has 0 bridgehead atoms. The van der Waals surface area contributed by atoms with Gasteiger partial charge in [0.25, 0.3) is 5.56 Å². The molecule has 1 aromatic carbocycles. The number of methoxy groups -OCH3 is 2. The van der Waals surface area contributed by atoms with Crippen LogP contribution >= 0.6 is 12.2 Å². The van der Waals surface area contributed by atoms with Crippen molar-refractivity contribution in [2.45, 2.75) is 6.54 Å². The second-order valence-electron chi connectivity index (χ2n) is 7.18. The maximum absolute atomic E-state index is 12.7. The van der Waals surface area contributed by atoms with Gasteiger partial charge in [0, 0.05) is 51.5 Å². The van der Waals surface area contributed by atoms with E-state index in [1.54, 1.807) is 14.2 Å². The molecule has 1 aliphatic heterocycles. The molecule has 164 valence electrons. The molecule has 0 spiro atoms. The van der Waals surface area contributed by atoms with E-state index in [1.165, 1.54) is 0 Å². The van der Waals surface area contributed by atoms with E-state index < -0.39 is 0 Å². The molecule has 8 nitrogen and oxygen atoms in total. The van der Waals surface area contributed by atoms with Gasteiger partial charge in [0.2, 0.25) is 0 Å². The Hall–Kier alpha value is -2.20. The van der Waals surface area contributed by atoms with E-state index in [9.17, 15) is 4.79 Å². The summed E-state index contributed by atoms with van der Waals surface area (Å²) in [6, 6.07) is 7.58. The van der Waals surface area contributed by atoms with Crippen LogP contribution in [0, 0.1) is 0 Å². The molecule has 30 heavy (non-hydrogen) atoms. The fraction of sp³-hybridized carbons (Fsp3) is 0.524. The van der Waals surface area contributed by atoms with Crippen molar-refractivity contribution in [2.24, 2.45) is 0 Å². The zero-order valence-electron chi connectivity index (χ0n) is 17.6. The highest BCUT2D eigenvalue weighted by Gasteiger charge is 2.16. The number of fused-ring (bicyclic) bond motifs is 1. The van der Waals surface area contributed by atoms with Crippen molar-refractivity contribution in [3.8, 4) is 5.75 Å². The predicted molar refractivity (Wildman–Crippen MR) is 121 cm³/mol. The summed E-state index contributed by atoms with van der Waals surface area (Å²) in [6.45, 7) is 6.53. The summed E-state index contributed by atoms with van der Waals surface area (Å²) in [7, 11) is 3.27. The van der Waals surface area contributed by atoms with Crippen LogP contribution in [0.25, 0.3) is 10.9 Å². The number of nitrogens with zero attached hydrogens (tertiary/aromatic N) is 2. The number of nitrogens with one attached hydrogen (secondary N) is 2. The molecule has 9 heteroatoms. The summed E-state index contributed by atoms with van der Waals surface area (Å²) in [5.74, 6) is 0.710. The third kappa shape index (κ3) is 6.15. The fourth-order valence-corrected chi connectivity index (χ4v) is 3.64. The smallest absolute Gasteiger partial charge is 0.253 e. The van der Waals surface area contributed by atoms with Gasteiger partial charge < -0.3 is 29.4 Å².